The maximum absolute atomic E-state index is 10.7. The lowest BCUT2D eigenvalue weighted by molar-refractivity contribution is -0.385. The molecule has 0 unspecified atom stereocenters. The first kappa shape index (κ1) is 13.1. The summed E-state index contributed by atoms with van der Waals surface area (Å²) in [5, 5.41) is 14.0. The molecule has 0 spiro atoms. The van der Waals surface area contributed by atoms with Crippen LogP contribution in [-0.2, 0) is 6.54 Å². The summed E-state index contributed by atoms with van der Waals surface area (Å²) in [7, 11) is 0. The number of benzene rings is 1. The highest BCUT2D eigenvalue weighted by molar-refractivity contribution is 9.10. The van der Waals surface area contributed by atoms with Crippen molar-refractivity contribution in [3.8, 4) is 0 Å². The van der Waals surface area contributed by atoms with E-state index in [0.717, 1.165) is 24.9 Å². The molecule has 1 aromatic rings. The van der Waals surface area contributed by atoms with Crippen LogP contribution in [-0.4, -0.2) is 11.5 Å². The van der Waals surface area contributed by atoms with Gasteiger partial charge < -0.3 is 5.32 Å². The number of hydrogen-bond acceptors (Lipinski definition) is 3. The third-order valence-corrected chi connectivity index (χ3v) is 2.91. The highest BCUT2D eigenvalue weighted by Gasteiger charge is 2.11. The lowest BCUT2D eigenvalue weighted by atomic mass is 10.2. The van der Waals surface area contributed by atoms with Gasteiger partial charge in [0, 0.05) is 12.6 Å². The molecule has 0 atom stereocenters. The van der Waals surface area contributed by atoms with E-state index in [1.807, 2.05) is 6.07 Å². The van der Waals surface area contributed by atoms with Gasteiger partial charge in [-0.3, -0.25) is 10.1 Å². The summed E-state index contributed by atoms with van der Waals surface area (Å²) in [6, 6.07) is 5.20. The van der Waals surface area contributed by atoms with Gasteiger partial charge in [-0.05, 0) is 40.5 Å². The number of halogens is 1. The zero-order valence-corrected chi connectivity index (χ0v) is 10.8. The number of hydrogen-bond donors (Lipinski definition) is 1. The highest BCUT2D eigenvalue weighted by atomic mass is 79.9. The van der Waals surface area contributed by atoms with Crippen LogP contribution in [0.5, 0.6) is 0 Å². The molecule has 0 aliphatic carbocycles. The molecule has 1 N–H and O–H groups in total. The summed E-state index contributed by atoms with van der Waals surface area (Å²) in [6.45, 7) is 3.75. The smallest absolute Gasteiger partial charge is 0.283 e. The standard InChI is InChI=1S/C11H15BrN2O2/c1-2-3-6-13-8-9-4-5-10(12)11(7-9)14(15)16/h4-5,7,13H,2-3,6,8H2,1H3. The molecule has 0 amide bonds. The lowest BCUT2D eigenvalue weighted by Crippen LogP contribution is -2.14. The third kappa shape index (κ3) is 3.90. The van der Waals surface area contributed by atoms with E-state index in [9.17, 15) is 10.1 Å². The molecule has 0 bridgehead atoms. The average Bonchev–Trinajstić information content (AvgIpc) is 2.26. The number of nitrogens with zero attached hydrogens (tertiary/aromatic N) is 1. The van der Waals surface area contributed by atoms with Crippen LogP contribution in [0.2, 0.25) is 0 Å². The molecule has 1 rings (SSSR count). The third-order valence-electron chi connectivity index (χ3n) is 2.24. The quantitative estimate of drug-likeness (QED) is 0.496. The summed E-state index contributed by atoms with van der Waals surface area (Å²) < 4.78 is 0.523. The number of rotatable bonds is 6. The van der Waals surface area contributed by atoms with E-state index < -0.39 is 0 Å². The fourth-order valence-corrected chi connectivity index (χ4v) is 1.73. The molecule has 0 aromatic heterocycles. The molecule has 0 saturated carbocycles. The summed E-state index contributed by atoms with van der Waals surface area (Å²) in [4.78, 5) is 10.3. The Balaban J connectivity index is 2.61. The van der Waals surface area contributed by atoms with E-state index in [1.165, 1.54) is 0 Å². The van der Waals surface area contributed by atoms with Crippen LogP contribution in [0.15, 0.2) is 22.7 Å². The van der Waals surface area contributed by atoms with Gasteiger partial charge in [-0.1, -0.05) is 19.4 Å². The highest BCUT2D eigenvalue weighted by Crippen LogP contribution is 2.25. The number of nitrogens with one attached hydrogen (secondary N) is 1. The van der Waals surface area contributed by atoms with Gasteiger partial charge in [0.05, 0.1) is 9.40 Å². The Bertz CT molecular complexity index is 369. The number of nitro groups is 1. The second-order valence-electron chi connectivity index (χ2n) is 3.57. The lowest BCUT2D eigenvalue weighted by Gasteiger charge is -2.04. The van der Waals surface area contributed by atoms with Gasteiger partial charge in [-0.2, -0.15) is 0 Å². The zero-order valence-electron chi connectivity index (χ0n) is 9.20. The summed E-state index contributed by atoms with van der Waals surface area (Å²) >= 11 is 3.16. The number of unbranched alkanes of at least 4 members (excludes halogenated alkanes) is 1. The van der Waals surface area contributed by atoms with Crippen LogP contribution in [0.1, 0.15) is 25.3 Å². The Morgan fingerprint density at radius 1 is 1.50 bits per heavy atom. The fourth-order valence-electron chi connectivity index (χ4n) is 1.34. The van der Waals surface area contributed by atoms with Crippen molar-refractivity contribution >= 4 is 21.6 Å². The van der Waals surface area contributed by atoms with E-state index in [1.54, 1.807) is 12.1 Å². The Morgan fingerprint density at radius 2 is 2.25 bits per heavy atom. The zero-order chi connectivity index (χ0) is 12.0. The van der Waals surface area contributed by atoms with Crippen molar-refractivity contribution in [3.05, 3.63) is 38.3 Å². The second-order valence-corrected chi connectivity index (χ2v) is 4.43. The topological polar surface area (TPSA) is 55.2 Å². The van der Waals surface area contributed by atoms with E-state index in [0.29, 0.717) is 11.0 Å². The van der Waals surface area contributed by atoms with Crippen LogP contribution < -0.4 is 5.32 Å². The normalized spacial score (nSPS) is 10.4. The maximum atomic E-state index is 10.7. The first-order valence-electron chi connectivity index (χ1n) is 5.28. The van der Waals surface area contributed by atoms with Crippen molar-refractivity contribution in [2.75, 3.05) is 6.54 Å². The van der Waals surface area contributed by atoms with Crippen LogP contribution in [0, 0.1) is 10.1 Å². The second kappa shape index (κ2) is 6.60. The van der Waals surface area contributed by atoms with Crippen molar-refractivity contribution in [2.45, 2.75) is 26.3 Å². The maximum Gasteiger partial charge on any atom is 0.283 e. The summed E-state index contributed by atoms with van der Waals surface area (Å²) in [5.41, 5.74) is 1.06. The summed E-state index contributed by atoms with van der Waals surface area (Å²) in [5.74, 6) is 0. The largest absolute Gasteiger partial charge is 0.313 e. The van der Waals surface area contributed by atoms with E-state index >= 15 is 0 Å². The molecule has 5 heteroatoms. The molecular formula is C11H15BrN2O2. The Hall–Kier alpha value is -0.940. The van der Waals surface area contributed by atoms with Crippen molar-refractivity contribution in [2.24, 2.45) is 0 Å². The SMILES string of the molecule is CCCCNCc1ccc(Br)c([N+](=O)[O-])c1. The first-order chi connectivity index (χ1) is 7.65. The van der Waals surface area contributed by atoms with Crippen molar-refractivity contribution in [3.63, 3.8) is 0 Å². The van der Waals surface area contributed by atoms with Gasteiger partial charge in [-0.25, -0.2) is 0 Å². The molecule has 0 aliphatic heterocycles. The minimum Gasteiger partial charge on any atom is -0.313 e. The minimum absolute atomic E-state index is 0.120. The molecule has 0 aliphatic rings. The Labute approximate surface area is 103 Å². The molecule has 16 heavy (non-hydrogen) atoms. The first-order valence-corrected chi connectivity index (χ1v) is 6.08. The number of nitro benzene ring substituents is 1. The molecule has 1 aromatic carbocycles. The minimum atomic E-state index is -0.375. The Kier molecular flexibility index (Phi) is 5.42. The van der Waals surface area contributed by atoms with Crippen molar-refractivity contribution < 1.29 is 4.92 Å². The van der Waals surface area contributed by atoms with Crippen LogP contribution >= 0.6 is 15.9 Å². The van der Waals surface area contributed by atoms with Gasteiger partial charge >= 0.3 is 0 Å². The molecular weight excluding hydrogens is 272 g/mol. The molecule has 88 valence electrons. The van der Waals surface area contributed by atoms with Gasteiger partial charge in [-0.15, -0.1) is 0 Å². The molecule has 0 fully saturated rings. The van der Waals surface area contributed by atoms with E-state index in [2.05, 4.69) is 28.2 Å². The van der Waals surface area contributed by atoms with Gasteiger partial charge in [0.25, 0.3) is 5.69 Å². The fraction of sp³-hybridized carbons (Fsp3) is 0.455. The van der Waals surface area contributed by atoms with Gasteiger partial charge in [0.15, 0.2) is 0 Å². The van der Waals surface area contributed by atoms with Gasteiger partial charge in [0.2, 0.25) is 0 Å². The summed E-state index contributed by atoms with van der Waals surface area (Å²) in [6.07, 6.45) is 2.27. The average molecular weight is 287 g/mol. The molecule has 0 saturated heterocycles. The molecule has 0 radical (unpaired) electrons. The van der Waals surface area contributed by atoms with E-state index in [-0.39, 0.29) is 10.6 Å². The van der Waals surface area contributed by atoms with E-state index in [4.69, 9.17) is 0 Å². The van der Waals surface area contributed by atoms with Crippen molar-refractivity contribution in [1.29, 1.82) is 0 Å². The van der Waals surface area contributed by atoms with Crippen LogP contribution in [0.25, 0.3) is 0 Å². The van der Waals surface area contributed by atoms with Crippen LogP contribution in [0.3, 0.4) is 0 Å². The van der Waals surface area contributed by atoms with Crippen LogP contribution in [0.4, 0.5) is 5.69 Å². The monoisotopic (exact) mass is 286 g/mol. The molecule has 4 nitrogen and oxygen atoms in total. The molecule has 0 heterocycles. The van der Waals surface area contributed by atoms with Gasteiger partial charge in [0.1, 0.15) is 0 Å². The predicted molar refractivity (Wildman–Crippen MR) is 67.4 cm³/mol. The van der Waals surface area contributed by atoms with Crippen molar-refractivity contribution in [1.82, 2.24) is 5.32 Å². The predicted octanol–water partition coefficient (Wildman–Crippen LogP) is 3.25. The Morgan fingerprint density at radius 3 is 2.88 bits per heavy atom.